The summed E-state index contributed by atoms with van der Waals surface area (Å²) >= 11 is 0. The van der Waals surface area contributed by atoms with Gasteiger partial charge >= 0.3 is 0 Å². The molecule has 2 heteroatoms. The van der Waals surface area contributed by atoms with Crippen LogP contribution in [0, 0.1) is 17.3 Å². The summed E-state index contributed by atoms with van der Waals surface area (Å²) in [5, 5.41) is 3.74. The van der Waals surface area contributed by atoms with Crippen molar-refractivity contribution in [2.45, 2.75) is 65.8 Å². The van der Waals surface area contributed by atoms with Crippen molar-refractivity contribution in [2.24, 2.45) is 17.3 Å². The van der Waals surface area contributed by atoms with Crippen LogP contribution < -0.4 is 5.32 Å². The summed E-state index contributed by atoms with van der Waals surface area (Å²) in [6.45, 7) is 14.8. The van der Waals surface area contributed by atoms with Gasteiger partial charge in [0.05, 0.1) is 0 Å². The summed E-state index contributed by atoms with van der Waals surface area (Å²) in [4.78, 5) is 2.73. The van der Waals surface area contributed by atoms with E-state index in [1.807, 2.05) is 0 Å². The molecule has 0 saturated carbocycles. The van der Waals surface area contributed by atoms with Crippen molar-refractivity contribution in [1.29, 1.82) is 0 Å². The van der Waals surface area contributed by atoms with E-state index in [9.17, 15) is 0 Å². The first-order valence-corrected chi connectivity index (χ1v) is 8.42. The zero-order valence-electron chi connectivity index (χ0n) is 13.5. The molecule has 0 bridgehead atoms. The summed E-state index contributed by atoms with van der Waals surface area (Å²) in [5.41, 5.74) is 0.492. The second-order valence-electron chi connectivity index (χ2n) is 7.97. The molecule has 2 rings (SSSR count). The van der Waals surface area contributed by atoms with Gasteiger partial charge in [-0.15, -0.1) is 0 Å². The van der Waals surface area contributed by atoms with Crippen molar-refractivity contribution in [1.82, 2.24) is 10.2 Å². The van der Waals surface area contributed by atoms with Crippen LogP contribution in [0.1, 0.15) is 59.8 Å². The molecule has 1 N–H and O–H groups in total. The molecule has 2 heterocycles. The minimum Gasteiger partial charge on any atom is -0.312 e. The number of hydrogen-bond acceptors (Lipinski definition) is 2. The zero-order chi connectivity index (χ0) is 13.9. The van der Waals surface area contributed by atoms with E-state index in [0.29, 0.717) is 5.41 Å². The van der Waals surface area contributed by atoms with Gasteiger partial charge in [-0.25, -0.2) is 0 Å². The standard InChI is InChI=1S/C17H34N2/c1-14-7-5-10-18-16(14)13-19-11-6-8-15(9-12-19)17(2,3)4/h14-16,18H,5-13H2,1-4H3. The van der Waals surface area contributed by atoms with E-state index in [0.717, 1.165) is 17.9 Å². The Hall–Kier alpha value is -0.0800. The predicted octanol–water partition coefficient (Wildman–Crippen LogP) is 3.52. The molecule has 2 aliphatic heterocycles. The van der Waals surface area contributed by atoms with Gasteiger partial charge in [0.2, 0.25) is 0 Å². The average molecular weight is 266 g/mol. The molecule has 0 amide bonds. The molecule has 0 radical (unpaired) electrons. The Kier molecular flexibility index (Phi) is 5.30. The molecule has 2 aliphatic rings. The maximum atomic E-state index is 3.74. The Labute approximate surface area is 120 Å². The smallest absolute Gasteiger partial charge is 0.0220 e. The number of nitrogens with one attached hydrogen (secondary N) is 1. The van der Waals surface area contributed by atoms with Crippen LogP contribution in [0.2, 0.25) is 0 Å². The fraction of sp³-hybridized carbons (Fsp3) is 1.00. The molecule has 2 nitrogen and oxygen atoms in total. The number of nitrogens with zero attached hydrogens (tertiary/aromatic N) is 1. The predicted molar refractivity (Wildman–Crippen MR) is 83.4 cm³/mol. The summed E-state index contributed by atoms with van der Waals surface area (Å²) in [5.74, 6) is 1.77. The first kappa shape index (κ1) is 15.3. The molecule has 3 unspecified atom stereocenters. The quantitative estimate of drug-likeness (QED) is 0.822. The van der Waals surface area contributed by atoms with Crippen LogP contribution in [-0.2, 0) is 0 Å². The first-order valence-electron chi connectivity index (χ1n) is 8.42. The van der Waals surface area contributed by atoms with Gasteiger partial charge in [0.25, 0.3) is 0 Å². The van der Waals surface area contributed by atoms with Crippen molar-refractivity contribution >= 4 is 0 Å². The van der Waals surface area contributed by atoms with E-state index in [1.165, 1.54) is 58.3 Å². The third kappa shape index (κ3) is 4.46. The number of likely N-dealkylation sites (tertiary alicyclic amines) is 1. The Morgan fingerprint density at radius 2 is 1.84 bits per heavy atom. The first-order chi connectivity index (χ1) is 8.97. The lowest BCUT2D eigenvalue weighted by Gasteiger charge is -2.34. The molecule has 0 aliphatic carbocycles. The largest absolute Gasteiger partial charge is 0.312 e. The van der Waals surface area contributed by atoms with Crippen molar-refractivity contribution in [2.75, 3.05) is 26.2 Å². The topological polar surface area (TPSA) is 15.3 Å². The number of piperidine rings is 1. The van der Waals surface area contributed by atoms with Crippen molar-refractivity contribution in [3.8, 4) is 0 Å². The Morgan fingerprint density at radius 3 is 2.53 bits per heavy atom. The van der Waals surface area contributed by atoms with Crippen LogP contribution in [0.5, 0.6) is 0 Å². The van der Waals surface area contributed by atoms with E-state index >= 15 is 0 Å². The molecule has 0 aromatic carbocycles. The van der Waals surface area contributed by atoms with Gasteiger partial charge in [0.1, 0.15) is 0 Å². The van der Waals surface area contributed by atoms with Crippen LogP contribution in [0.25, 0.3) is 0 Å². The second-order valence-corrected chi connectivity index (χ2v) is 7.97. The molecule has 2 saturated heterocycles. The lowest BCUT2D eigenvalue weighted by atomic mass is 9.77. The minimum atomic E-state index is 0.492. The molecule has 3 atom stereocenters. The van der Waals surface area contributed by atoms with Crippen molar-refractivity contribution < 1.29 is 0 Å². The lowest BCUT2D eigenvalue weighted by Crippen LogP contribution is -2.48. The fourth-order valence-corrected chi connectivity index (χ4v) is 3.84. The fourth-order valence-electron chi connectivity index (χ4n) is 3.84. The van der Waals surface area contributed by atoms with E-state index in [-0.39, 0.29) is 0 Å². The summed E-state index contributed by atoms with van der Waals surface area (Å²) in [7, 11) is 0. The zero-order valence-corrected chi connectivity index (χ0v) is 13.5. The Balaban J connectivity index is 1.82. The highest BCUT2D eigenvalue weighted by molar-refractivity contribution is 4.84. The highest BCUT2D eigenvalue weighted by atomic mass is 15.2. The molecule has 2 fully saturated rings. The van der Waals surface area contributed by atoms with E-state index in [1.54, 1.807) is 0 Å². The normalized spacial score (nSPS) is 35.1. The maximum Gasteiger partial charge on any atom is 0.0220 e. The van der Waals surface area contributed by atoms with Crippen LogP contribution >= 0.6 is 0 Å². The SMILES string of the molecule is CC1CCCNC1CN1CCCC(C(C)(C)C)CC1. The van der Waals surface area contributed by atoms with Gasteiger partial charge in [-0.3, -0.25) is 0 Å². The number of hydrogen-bond donors (Lipinski definition) is 1. The summed E-state index contributed by atoms with van der Waals surface area (Å²) in [6, 6.07) is 0.736. The van der Waals surface area contributed by atoms with Gasteiger partial charge in [0.15, 0.2) is 0 Å². The third-order valence-corrected chi connectivity index (χ3v) is 5.43. The molecular formula is C17H34N2. The van der Waals surface area contributed by atoms with E-state index < -0.39 is 0 Å². The van der Waals surface area contributed by atoms with Gasteiger partial charge in [-0.1, -0.05) is 27.7 Å². The minimum absolute atomic E-state index is 0.492. The van der Waals surface area contributed by atoms with Crippen LogP contribution in [-0.4, -0.2) is 37.1 Å². The van der Waals surface area contributed by atoms with Crippen molar-refractivity contribution in [3.05, 3.63) is 0 Å². The van der Waals surface area contributed by atoms with Gasteiger partial charge in [-0.05, 0) is 69.0 Å². The Bertz CT molecular complexity index is 269. The van der Waals surface area contributed by atoms with Gasteiger partial charge in [0, 0.05) is 12.6 Å². The monoisotopic (exact) mass is 266 g/mol. The van der Waals surface area contributed by atoms with Crippen LogP contribution in [0.15, 0.2) is 0 Å². The van der Waals surface area contributed by atoms with Crippen LogP contribution in [0.3, 0.4) is 0 Å². The maximum absolute atomic E-state index is 3.74. The number of rotatable bonds is 2. The van der Waals surface area contributed by atoms with Crippen molar-refractivity contribution in [3.63, 3.8) is 0 Å². The Morgan fingerprint density at radius 1 is 1.05 bits per heavy atom. The van der Waals surface area contributed by atoms with E-state index in [2.05, 4.69) is 37.9 Å². The molecule has 0 aromatic rings. The highest BCUT2D eigenvalue weighted by Crippen LogP contribution is 2.34. The van der Waals surface area contributed by atoms with E-state index in [4.69, 9.17) is 0 Å². The average Bonchev–Trinajstić information content (AvgIpc) is 2.57. The summed E-state index contributed by atoms with van der Waals surface area (Å²) < 4.78 is 0. The molecule has 0 aromatic heterocycles. The van der Waals surface area contributed by atoms with Gasteiger partial charge < -0.3 is 10.2 Å². The lowest BCUT2D eigenvalue weighted by molar-refractivity contribution is 0.181. The third-order valence-electron chi connectivity index (χ3n) is 5.43. The molecular weight excluding hydrogens is 232 g/mol. The van der Waals surface area contributed by atoms with Gasteiger partial charge in [-0.2, -0.15) is 0 Å². The van der Waals surface area contributed by atoms with Crippen LogP contribution in [0.4, 0.5) is 0 Å². The molecule has 112 valence electrons. The molecule has 0 spiro atoms. The highest BCUT2D eigenvalue weighted by Gasteiger charge is 2.29. The molecule has 19 heavy (non-hydrogen) atoms. The summed E-state index contributed by atoms with van der Waals surface area (Å²) in [6.07, 6.45) is 6.99. The second kappa shape index (κ2) is 6.58.